The van der Waals surface area contributed by atoms with Gasteiger partial charge in [-0.25, -0.2) is 13.4 Å². The summed E-state index contributed by atoms with van der Waals surface area (Å²) in [6.45, 7) is 7.02. The summed E-state index contributed by atoms with van der Waals surface area (Å²) < 4.78 is 22.8. The quantitative estimate of drug-likeness (QED) is 0.491. The van der Waals surface area contributed by atoms with Crippen LogP contribution in [-0.2, 0) is 9.84 Å². The van der Waals surface area contributed by atoms with Crippen molar-refractivity contribution in [3.8, 4) is 0 Å². The van der Waals surface area contributed by atoms with Crippen LogP contribution >= 0.6 is 0 Å². The third-order valence-corrected chi connectivity index (χ3v) is 4.04. The first-order chi connectivity index (χ1) is 7.20. The Morgan fingerprint density at radius 2 is 1.88 bits per heavy atom. The Morgan fingerprint density at radius 3 is 2.44 bits per heavy atom. The van der Waals surface area contributed by atoms with Crippen molar-refractivity contribution in [2.75, 3.05) is 24.6 Å². The van der Waals surface area contributed by atoms with E-state index in [9.17, 15) is 8.42 Å². The predicted molar refractivity (Wildman–Crippen MR) is 66.2 cm³/mol. The number of guanidine groups is 1. The van der Waals surface area contributed by atoms with Crippen LogP contribution in [0.25, 0.3) is 0 Å². The summed E-state index contributed by atoms with van der Waals surface area (Å²) in [5.41, 5.74) is 5.65. The minimum Gasteiger partial charge on any atom is -0.370 e. The molecule has 0 aliphatic carbocycles. The molecule has 1 fully saturated rings. The smallest absolute Gasteiger partial charge is 0.191 e. The maximum absolute atomic E-state index is 11.4. The van der Waals surface area contributed by atoms with Crippen molar-refractivity contribution in [3.05, 3.63) is 0 Å². The van der Waals surface area contributed by atoms with Gasteiger partial charge < -0.3 is 10.6 Å². The normalized spacial score (nSPS) is 22.9. The van der Waals surface area contributed by atoms with Crippen molar-refractivity contribution in [1.29, 1.82) is 0 Å². The van der Waals surface area contributed by atoms with E-state index in [4.69, 9.17) is 5.73 Å². The highest BCUT2D eigenvalue weighted by molar-refractivity contribution is 7.91. The molecule has 0 bridgehead atoms. The van der Waals surface area contributed by atoms with Gasteiger partial charge in [0.05, 0.1) is 17.0 Å². The summed E-state index contributed by atoms with van der Waals surface area (Å²) in [6.07, 6.45) is 0.628. The van der Waals surface area contributed by atoms with Gasteiger partial charge in [-0.05, 0) is 27.2 Å². The van der Waals surface area contributed by atoms with Crippen LogP contribution in [0.2, 0.25) is 0 Å². The second-order valence-corrected chi connectivity index (χ2v) is 7.44. The molecule has 0 spiro atoms. The van der Waals surface area contributed by atoms with Gasteiger partial charge >= 0.3 is 0 Å². The van der Waals surface area contributed by atoms with Crippen LogP contribution < -0.4 is 5.73 Å². The van der Waals surface area contributed by atoms with Crippen molar-refractivity contribution in [1.82, 2.24) is 4.90 Å². The Bertz CT molecular complexity index is 368. The highest BCUT2D eigenvalue weighted by Crippen LogP contribution is 2.09. The van der Waals surface area contributed by atoms with Crippen LogP contribution in [0.4, 0.5) is 0 Å². The lowest BCUT2D eigenvalue weighted by Gasteiger charge is -2.23. The number of nitrogens with zero attached hydrogens (tertiary/aromatic N) is 2. The SMILES string of the molecule is CC(C)(C)N=C(N)N1CCCS(=O)(=O)CC1. The molecule has 1 heterocycles. The van der Waals surface area contributed by atoms with Crippen molar-refractivity contribution in [2.24, 2.45) is 10.7 Å². The Morgan fingerprint density at radius 1 is 1.25 bits per heavy atom. The summed E-state index contributed by atoms with van der Waals surface area (Å²) in [5, 5.41) is 0. The van der Waals surface area contributed by atoms with E-state index in [1.54, 1.807) is 0 Å². The average Bonchev–Trinajstić information content (AvgIpc) is 2.23. The largest absolute Gasteiger partial charge is 0.370 e. The molecule has 0 radical (unpaired) electrons. The Kier molecular flexibility index (Phi) is 3.83. The van der Waals surface area contributed by atoms with E-state index in [2.05, 4.69) is 4.99 Å². The number of hydrogen-bond acceptors (Lipinski definition) is 3. The van der Waals surface area contributed by atoms with E-state index >= 15 is 0 Å². The van der Waals surface area contributed by atoms with Gasteiger partial charge in [0.1, 0.15) is 0 Å². The first-order valence-electron chi connectivity index (χ1n) is 5.50. The number of nitrogens with two attached hydrogens (primary N) is 1. The molecule has 1 rings (SSSR count). The molecule has 5 nitrogen and oxygen atoms in total. The minimum atomic E-state index is -2.88. The third-order valence-electron chi connectivity index (χ3n) is 2.33. The lowest BCUT2D eigenvalue weighted by Crippen LogP contribution is -2.40. The zero-order valence-corrected chi connectivity index (χ0v) is 11.0. The molecular weight excluding hydrogens is 226 g/mol. The van der Waals surface area contributed by atoms with Crippen molar-refractivity contribution >= 4 is 15.8 Å². The van der Waals surface area contributed by atoms with E-state index < -0.39 is 9.84 Å². The fourth-order valence-electron chi connectivity index (χ4n) is 1.58. The fourth-order valence-corrected chi connectivity index (χ4v) is 2.85. The number of sulfone groups is 1. The number of aliphatic imine (C=N–C) groups is 1. The molecule has 94 valence electrons. The first-order valence-corrected chi connectivity index (χ1v) is 7.32. The molecule has 0 unspecified atom stereocenters. The van der Waals surface area contributed by atoms with Gasteiger partial charge in [-0.3, -0.25) is 0 Å². The summed E-state index contributed by atoms with van der Waals surface area (Å²) in [6, 6.07) is 0. The van der Waals surface area contributed by atoms with Crippen LogP contribution in [0.15, 0.2) is 4.99 Å². The molecule has 1 aliphatic rings. The topological polar surface area (TPSA) is 75.8 Å². The van der Waals surface area contributed by atoms with Gasteiger partial charge in [-0.2, -0.15) is 0 Å². The molecule has 0 atom stereocenters. The van der Waals surface area contributed by atoms with Gasteiger partial charge in [0.25, 0.3) is 0 Å². The summed E-state index contributed by atoms with van der Waals surface area (Å²) in [5.74, 6) is 0.879. The second kappa shape index (κ2) is 4.61. The van der Waals surface area contributed by atoms with E-state index in [1.165, 1.54) is 0 Å². The average molecular weight is 247 g/mol. The summed E-state index contributed by atoms with van der Waals surface area (Å²) in [7, 11) is -2.88. The highest BCUT2D eigenvalue weighted by Gasteiger charge is 2.21. The molecule has 0 amide bonds. The Labute approximate surface area is 97.6 Å². The molecule has 0 aromatic heterocycles. The zero-order valence-electron chi connectivity index (χ0n) is 10.2. The third kappa shape index (κ3) is 4.38. The number of rotatable bonds is 0. The fraction of sp³-hybridized carbons (Fsp3) is 0.900. The maximum atomic E-state index is 11.4. The Hall–Kier alpha value is -0.780. The van der Waals surface area contributed by atoms with Gasteiger partial charge in [0.15, 0.2) is 15.8 Å². The number of hydrogen-bond donors (Lipinski definition) is 1. The van der Waals surface area contributed by atoms with Crippen LogP contribution in [0.1, 0.15) is 27.2 Å². The lowest BCUT2D eigenvalue weighted by atomic mass is 10.1. The van der Waals surface area contributed by atoms with Gasteiger partial charge in [-0.1, -0.05) is 0 Å². The molecule has 16 heavy (non-hydrogen) atoms. The van der Waals surface area contributed by atoms with Crippen molar-refractivity contribution < 1.29 is 8.42 Å². The predicted octanol–water partition coefficient (Wildman–Crippen LogP) is 0.220. The van der Waals surface area contributed by atoms with E-state index in [0.717, 1.165) is 0 Å². The van der Waals surface area contributed by atoms with E-state index in [-0.39, 0.29) is 17.0 Å². The molecule has 1 saturated heterocycles. The molecular formula is C10H21N3O2S. The van der Waals surface area contributed by atoms with Gasteiger partial charge in [0.2, 0.25) is 0 Å². The summed E-state index contributed by atoms with van der Waals surface area (Å²) in [4.78, 5) is 6.20. The van der Waals surface area contributed by atoms with E-state index in [1.807, 2.05) is 25.7 Å². The molecule has 0 aromatic carbocycles. The first kappa shape index (κ1) is 13.3. The molecule has 1 aliphatic heterocycles. The highest BCUT2D eigenvalue weighted by atomic mass is 32.2. The van der Waals surface area contributed by atoms with Gasteiger partial charge in [-0.15, -0.1) is 0 Å². The van der Waals surface area contributed by atoms with Crippen molar-refractivity contribution in [3.63, 3.8) is 0 Å². The maximum Gasteiger partial charge on any atom is 0.191 e. The minimum absolute atomic E-state index is 0.174. The molecule has 2 N–H and O–H groups in total. The molecule has 0 saturated carbocycles. The molecule has 0 aromatic rings. The van der Waals surface area contributed by atoms with Crippen molar-refractivity contribution in [2.45, 2.75) is 32.7 Å². The van der Waals surface area contributed by atoms with Crippen LogP contribution in [0.3, 0.4) is 0 Å². The van der Waals surface area contributed by atoms with Crippen LogP contribution in [0, 0.1) is 0 Å². The van der Waals surface area contributed by atoms with Gasteiger partial charge in [0, 0.05) is 13.1 Å². The summed E-state index contributed by atoms with van der Waals surface area (Å²) >= 11 is 0. The standard InChI is InChI=1S/C10H21N3O2S/c1-10(2,3)12-9(11)13-5-4-7-16(14,15)8-6-13/h4-8H2,1-3H3,(H2,11,12). The monoisotopic (exact) mass is 247 g/mol. The molecule has 6 heteroatoms. The van der Waals surface area contributed by atoms with Crippen LogP contribution in [-0.4, -0.2) is 49.4 Å². The lowest BCUT2D eigenvalue weighted by molar-refractivity contribution is 0.433. The van der Waals surface area contributed by atoms with Crippen LogP contribution in [0.5, 0.6) is 0 Å². The second-order valence-electron chi connectivity index (χ2n) is 5.13. The van der Waals surface area contributed by atoms with E-state index in [0.29, 0.717) is 25.5 Å². The zero-order chi connectivity index (χ0) is 12.4. The Balaban J connectivity index is 2.72.